The van der Waals surface area contributed by atoms with Gasteiger partial charge in [0.1, 0.15) is 17.1 Å². The molecule has 0 spiro atoms. The van der Waals surface area contributed by atoms with Gasteiger partial charge in [-0.3, -0.25) is 14.9 Å². The van der Waals surface area contributed by atoms with Gasteiger partial charge in [-0.05, 0) is 56.4 Å². The maximum absolute atomic E-state index is 12.7. The lowest BCUT2D eigenvalue weighted by Crippen LogP contribution is -2.42. The smallest absolute Gasteiger partial charge is 0.323 e. The second-order valence-electron chi connectivity index (χ2n) is 9.41. The second-order valence-corrected chi connectivity index (χ2v) is 10.5. The van der Waals surface area contributed by atoms with E-state index < -0.39 is 11.9 Å². The monoisotopic (exact) mass is 498 g/mol. The van der Waals surface area contributed by atoms with Crippen LogP contribution in [0.25, 0.3) is 0 Å². The summed E-state index contributed by atoms with van der Waals surface area (Å²) in [4.78, 5) is 36.0. The summed E-state index contributed by atoms with van der Waals surface area (Å²) >= 11 is 1.14. The van der Waals surface area contributed by atoms with Crippen LogP contribution < -0.4 is 22.1 Å². The van der Waals surface area contributed by atoms with Crippen LogP contribution in [0.15, 0.2) is 29.9 Å². The zero-order chi connectivity index (χ0) is 25.4. The van der Waals surface area contributed by atoms with Crippen molar-refractivity contribution in [3.05, 3.63) is 40.3 Å². The van der Waals surface area contributed by atoms with Crippen LogP contribution in [0, 0.1) is 23.7 Å². The summed E-state index contributed by atoms with van der Waals surface area (Å²) in [7, 11) is 0. The van der Waals surface area contributed by atoms with E-state index in [-0.39, 0.29) is 34.6 Å². The Hall–Kier alpha value is -3.09. The van der Waals surface area contributed by atoms with Gasteiger partial charge in [-0.25, -0.2) is 4.79 Å². The lowest BCUT2D eigenvalue weighted by molar-refractivity contribution is -0.151. The number of amides is 3. The number of thiophene rings is 1. The summed E-state index contributed by atoms with van der Waals surface area (Å²) in [5, 5.41) is 6.11. The van der Waals surface area contributed by atoms with E-state index in [1.54, 1.807) is 6.07 Å². The number of ether oxygens (including phenoxy) is 1. The van der Waals surface area contributed by atoms with Crippen LogP contribution in [-0.2, 0) is 9.53 Å². The maximum Gasteiger partial charge on any atom is 0.323 e. The quantitative estimate of drug-likeness (QED) is 0.304. The number of urea groups is 1. The van der Waals surface area contributed by atoms with Gasteiger partial charge in [0.15, 0.2) is 0 Å². The molecule has 0 bridgehead atoms. The van der Waals surface area contributed by atoms with E-state index in [0.29, 0.717) is 17.3 Å². The van der Waals surface area contributed by atoms with E-state index in [0.717, 1.165) is 55.4 Å². The summed E-state index contributed by atoms with van der Waals surface area (Å²) in [6.07, 6.45) is 11.9. The highest BCUT2D eigenvalue weighted by Gasteiger charge is 2.26. The number of nitrogens with one attached hydrogen (secondary N) is 2. The standard InChI is InChI=1S/C26H34N4O4S/c1-16(2)13-22(25(32)34-19-5-3-4-6-19)29-15-18-9-7-17(8-10-18)11-12-20-14-21(23(27)31)24(35-20)30-26(28)33/h7-9,14,16,18-19,22,29H,3-6,10,13,15H2,1-2H3,(H2,27,31)(H3,28,30,33)/t18?,22-/m0/s1. The van der Waals surface area contributed by atoms with Crippen LogP contribution in [0.3, 0.4) is 0 Å². The predicted molar refractivity (Wildman–Crippen MR) is 138 cm³/mol. The van der Waals surface area contributed by atoms with Gasteiger partial charge in [0.2, 0.25) is 0 Å². The number of primary amides is 2. The number of rotatable bonds is 9. The van der Waals surface area contributed by atoms with Crippen LogP contribution in [0.2, 0.25) is 0 Å². The minimum Gasteiger partial charge on any atom is -0.461 e. The SMILES string of the molecule is CC(C)C[C@H](NCC1C=CC(C#Cc2cc(C(N)=O)c(NC(N)=O)s2)=CC1)C(=O)OC1CCCC1. The molecular formula is C26H34N4O4S. The molecular weight excluding hydrogens is 464 g/mol. The third kappa shape index (κ3) is 8.26. The molecule has 3 rings (SSSR count). The maximum atomic E-state index is 12.7. The molecule has 1 aromatic heterocycles. The van der Waals surface area contributed by atoms with E-state index in [9.17, 15) is 14.4 Å². The fourth-order valence-corrected chi connectivity index (χ4v) is 5.08. The largest absolute Gasteiger partial charge is 0.461 e. The van der Waals surface area contributed by atoms with E-state index >= 15 is 0 Å². The van der Waals surface area contributed by atoms with Gasteiger partial charge in [-0.1, -0.05) is 43.9 Å². The van der Waals surface area contributed by atoms with Crippen molar-refractivity contribution in [2.45, 2.75) is 64.5 Å². The third-order valence-electron chi connectivity index (χ3n) is 5.96. The van der Waals surface area contributed by atoms with Crippen LogP contribution in [0.4, 0.5) is 9.80 Å². The predicted octanol–water partition coefficient (Wildman–Crippen LogP) is 3.68. The molecule has 188 valence electrons. The number of esters is 1. The second kappa shape index (κ2) is 12.6. The Labute approximate surface area is 210 Å². The van der Waals surface area contributed by atoms with E-state index in [1.165, 1.54) is 0 Å². The minimum atomic E-state index is -0.770. The van der Waals surface area contributed by atoms with Crippen LogP contribution >= 0.6 is 11.3 Å². The molecule has 0 radical (unpaired) electrons. The molecule has 0 aliphatic heterocycles. The van der Waals surface area contributed by atoms with Crippen molar-refractivity contribution in [1.82, 2.24) is 5.32 Å². The van der Waals surface area contributed by atoms with Crippen molar-refractivity contribution < 1.29 is 19.1 Å². The summed E-state index contributed by atoms with van der Waals surface area (Å²) in [5.41, 5.74) is 11.5. The molecule has 2 aliphatic rings. The van der Waals surface area contributed by atoms with Gasteiger partial charge in [0, 0.05) is 12.1 Å². The number of hydrogen-bond acceptors (Lipinski definition) is 6. The number of nitrogens with two attached hydrogens (primary N) is 2. The fraction of sp³-hybridized carbons (Fsp3) is 0.500. The van der Waals surface area contributed by atoms with Crippen molar-refractivity contribution in [3.63, 3.8) is 0 Å². The Balaban J connectivity index is 1.55. The Kier molecular flexibility index (Phi) is 9.52. The van der Waals surface area contributed by atoms with Crippen molar-refractivity contribution in [1.29, 1.82) is 0 Å². The van der Waals surface area contributed by atoms with Gasteiger partial charge in [0.05, 0.1) is 10.4 Å². The summed E-state index contributed by atoms with van der Waals surface area (Å²) in [5.74, 6) is 5.94. The Morgan fingerprint density at radius 1 is 1.20 bits per heavy atom. The molecule has 1 fully saturated rings. The van der Waals surface area contributed by atoms with Gasteiger partial charge in [0.25, 0.3) is 5.91 Å². The molecule has 2 aliphatic carbocycles. The molecule has 1 unspecified atom stereocenters. The van der Waals surface area contributed by atoms with Crippen LogP contribution in [-0.4, -0.2) is 36.6 Å². The van der Waals surface area contributed by atoms with Gasteiger partial charge < -0.3 is 21.5 Å². The molecule has 9 heteroatoms. The van der Waals surface area contributed by atoms with E-state index in [4.69, 9.17) is 16.2 Å². The molecule has 0 aromatic carbocycles. The molecule has 8 nitrogen and oxygen atoms in total. The van der Waals surface area contributed by atoms with Crippen LogP contribution in [0.5, 0.6) is 0 Å². The first-order valence-electron chi connectivity index (χ1n) is 12.1. The topological polar surface area (TPSA) is 137 Å². The Bertz CT molecular complexity index is 1060. The summed E-state index contributed by atoms with van der Waals surface area (Å²) < 4.78 is 5.74. The van der Waals surface area contributed by atoms with E-state index in [2.05, 4.69) is 48.5 Å². The lowest BCUT2D eigenvalue weighted by Gasteiger charge is -2.24. The highest BCUT2D eigenvalue weighted by molar-refractivity contribution is 7.17. The van der Waals surface area contributed by atoms with E-state index in [1.807, 2.05) is 6.08 Å². The zero-order valence-corrected chi connectivity index (χ0v) is 21.1. The number of allylic oxidation sites excluding steroid dienone is 3. The normalized spacial score (nSPS) is 18.5. The third-order valence-corrected chi connectivity index (χ3v) is 6.92. The fourth-order valence-electron chi connectivity index (χ4n) is 4.16. The van der Waals surface area contributed by atoms with Crippen LogP contribution in [0.1, 0.15) is 67.6 Å². The van der Waals surface area contributed by atoms with Gasteiger partial charge in [-0.15, -0.1) is 11.3 Å². The molecule has 1 saturated carbocycles. The summed E-state index contributed by atoms with van der Waals surface area (Å²) in [6.45, 7) is 4.90. The Morgan fingerprint density at radius 2 is 1.94 bits per heavy atom. The Morgan fingerprint density at radius 3 is 2.54 bits per heavy atom. The first-order chi connectivity index (χ1) is 16.7. The summed E-state index contributed by atoms with van der Waals surface area (Å²) in [6, 6.07) is 0.481. The number of hydrogen-bond donors (Lipinski definition) is 4. The molecule has 6 N–H and O–H groups in total. The molecule has 2 atom stereocenters. The molecule has 1 aromatic rings. The highest BCUT2D eigenvalue weighted by atomic mass is 32.1. The number of anilines is 1. The molecule has 35 heavy (non-hydrogen) atoms. The molecule has 0 saturated heterocycles. The van der Waals surface area contributed by atoms with Crippen molar-refractivity contribution >= 4 is 34.2 Å². The lowest BCUT2D eigenvalue weighted by atomic mass is 9.96. The van der Waals surface area contributed by atoms with Crippen molar-refractivity contribution in [3.8, 4) is 11.8 Å². The minimum absolute atomic E-state index is 0.0719. The average Bonchev–Trinajstić information content (AvgIpc) is 3.45. The first kappa shape index (κ1) is 26.5. The zero-order valence-electron chi connectivity index (χ0n) is 20.3. The van der Waals surface area contributed by atoms with Gasteiger partial charge >= 0.3 is 12.0 Å². The number of carbonyl (C=O) groups is 3. The highest BCUT2D eigenvalue weighted by Crippen LogP contribution is 2.27. The van der Waals surface area contributed by atoms with Crippen molar-refractivity contribution in [2.24, 2.45) is 23.3 Å². The average molecular weight is 499 g/mol. The number of carbonyl (C=O) groups excluding carboxylic acids is 3. The first-order valence-corrected chi connectivity index (χ1v) is 12.9. The molecule has 3 amide bonds. The van der Waals surface area contributed by atoms with Gasteiger partial charge in [-0.2, -0.15) is 0 Å². The van der Waals surface area contributed by atoms with Crippen molar-refractivity contribution in [2.75, 3.05) is 11.9 Å². The molecule has 1 heterocycles.